The summed E-state index contributed by atoms with van der Waals surface area (Å²) >= 11 is 3.26. The fourth-order valence-corrected chi connectivity index (χ4v) is 1.74. The van der Waals surface area contributed by atoms with E-state index in [0.717, 1.165) is 25.9 Å². The quantitative estimate of drug-likeness (QED) is 0.777. The first-order chi connectivity index (χ1) is 7.74. The zero-order chi connectivity index (χ0) is 11.8. The highest BCUT2D eigenvalue weighted by Gasteiger charge is 2.01. The molecule has 0 aliphatic carbocycles. The second-order valence-corrected chi connectivity index (χ2v) is 4.38. The van der Waals surface area contributed by atoms with Crippen LogP contribution in [0.5, 0.6) is 5.75 Å². The van der Waals surface area contributed by atoms with Gasteiger partial charge in [-0.1, -0.05) is 6.92 Å². The Bertz CT molecular complexity index is 320. The average molecular weight is 290 g/mol. The van der Waals surface area contributed by atoms with Gasteiger partial charge in [-0.25, -0.2) is 4.39 Å². The summed E-state index contributed by atoms with van der Waals surface area (Å²) in [5.74, 6) is 0.431. The van der Waals surface area contributed by atoms with E-state index < -0.39 is 0 Å². The van der Waals surface area contributed by atoms with Crippen LogP contribution in [0, 0.1) is 5.82 Å². The molecular weight excluding hydrogens is 273 g/mol. The lowest BCUT2D eigenvalue weighted by Gasteiger charge is -2.08. The Kier molecular flexibility index (Phi) is 6.42. The van der Waals surface area contributed by atoms with Crippen LogP contribution >= 0.6 is 15.9 Å². The largest absolute Gasteiger partial charge is 0.492 e. The highest BCUT2D eigenvalue weighted by Crippen LogP contribution is 2.25. The zero-order valence-corrected chi connectivity index (χ0v) is 11.0. The van der Waals surface area contributed by atoms with Gasteiger partial charge in [0.1, 0.15) is 11.6 Å². The van der Waals surface area contributed by atoms with Gasteiger partial charge in [-0.3, -0.25) is 0 Å². The number of rotatable bonds is 7. The Hall–Kier alpha value is -0.610. The van der Waals surface area contributed by atoms with Crippen molar-refractivity contribution in [3.63, 3.8) is 0 Å². The van der Waals surface area contributed by atoms with Crippen LogP contribution in [0.4, 0.5) is 4.39 Å². The van der Waals surface area contributed by atoms with Crippen LogP contribution in [0.3, 0.4) is 0 Å². The van der Waals surface area contributed by atoms with E-state index in [0.29, 0.717) is 16.8 Å². The van der Waals surface area contributed by atoms with Gasteiger partial charge in [-0.05, 0) is 60.1 Å². The molecule has 0 saturated heterocycles. The molecule has 0 amide bonds. The number of hydrogen-bond donors (Lipinski definition) is 1. The fourth-order valence-electron chi connectivity index (χ4n) is 1.27. The highest BCUT2D eigenvalue weighted by molar-refractivity contribution is 9.10. The van der Waals surface area contributed by atoms with Crippen LogP contribution in [0.1, 0.15) is 19.8 Å². The van der Waals surface area contributed by atoms with Crippen LogP contribution in [-0.2, 0) is 0 Å². The number of ether oxygens (including phenoxy) is 1. The molecule has 1 N–H and O–H groups in total. The van der Waals surface area contributed by atoms with Gasteiger partial charge in [0, 0.05) is 0 Å². The SMILES string of the molecule is CCCNCCCOc1ccc(F)cc1Br. The minimum Gasteiger partial charge on any atom is -0.492 e. The molecule has 0 aliphatic rings. The molecular formula is C12H17BrFNO. The Labute approximate surface area is 104 Å². The van der Waals surface area contributed by atoms with Crippen LogP contribution in [0.2, 0.25) is 0 Å². The first-order valence-electron chi connectivity index (χ1n) is 5.52. The summed E-state index contributed by atoms with van der Waals surface area (Å²) in [4.78, 5) is 0. The second-order valence-electron chi connectivity index (χ2n) is 3.53. The molecule has 0 saturated carbocycles. The van der Waals surface area contributed by atoms with E-state index in [1.54, 1.807) is 6.07 Å². The van der Waals surface area contributed by atoms with Crippen molar-refractivity contribution in [1.29, 1.82) is 0 Å². The molecule has 0 radical (unpaired) electrons. The minimum atomic E-state index is -0.260. The fraction of sp³-hybridized carbons (Fsp3) is 0.500. The van der Waals surface area contributed by atoms with Crippen molar-refractivity contribution in [3.8, 4) is 5.75 Å². The maximum atomic E-state index is 12.8. The van der Waals surface area contributed by atoms with Gasteiger partial charge in [0.05, 0.1) is 11.1 Å². The average Bonchev–Trinajstić information content (AvgIpc) is 2.26. The van der Waals surface area contributed by atoms with E-state index in [9.17, 15) is 4.39 Å². The number of nitrogens with one attached hydrogen (secondary N) is 1. The number of benzene rings is 1. The summed E-state index contributed by atoms with van der Waals surface area (Å²) in [5, 5.41) is 3.29. The minimum absolute atomic E-state index is 0.260. The summed E-state index contributed by atoms with van der Waals surface area (Å²) in [7, 11) is 0. The van der Waals surface area contributed by atoms with Crippen molar-refractivity contribution in [3.05, 3.63) is 28.5 Å². The highest BCUT2D eigenvalue weighted by atomic mass is 79.9. The monoisotopic (exact) mass is 289 g/mol. The van der Waals surface area contributed by atoms with Crippen molar-refractivity contribution in [2.45, 2.75) is 19.8 Å². The lowest BCUT2D eigenvalue weighted by Crippen LogP contribution is -2.18. The number of halogens is 2. The molecule has 2 nitrogen and oxygen atoms in total. The maximum absolute atomic E-state index is 12.8. The molecule has 0 aromatic heterocycles. The molecule has 90 valence electrons. The molecule has 0 fully saturated rings. The molecule has 0 bridgehead atoms. The van der Waals surface area contributed by atoms with Gasteiger partial charge < -0.3 is 10.1 Å². The van der Waals surface area contributed by atoms with Crippen LogP contribution < -0.4 is 10.1 Å². The van der Waals surface area contributed by atoms with Crippen LogP contribution in [0.15, 0.2) is 22.7 Å². The van der Waals surface area contributed by atoms with Crippen molar-refractivity contribution >= 4 is 15.9 Å². The Morgan fingerprint density at radius 1 is 1.38 bits per heavy atom. The predicted molar refractivity (Wildman–Crippen MR) is 67.4 cm³/mol. The zero-order valence-electron chi connectivity index (χ0n) is 9.43. The molecule has 0 aliphatic heterocycles. The van der Waals surface area contributed by atoms with Crippen molar-refractivity contribution in [2.24, 2.45) is 0 Å². The van der Waals surface area contributed by atoms with Crippen molar-refractivity contribution in [2.75, 3.05) is 19.7 Å². The third kappa shape index (κ3) is 4.94. The van der Waals surface area contributed by atoms with E-state index >= 15 is 0 Å². The van der Waals surface area contributed by atoms with E-state index in [4.69, 9.17) is 4.74 Å². The third-order valence-corrected chi connectivity index (χ3v) is 2.70. The topological polar surface area (TPSA) is 21.3 Å². The van der Waals surface area contributed by atoms with Gasteiger partial charge in [-0.2, -0.15) is 0 Å². The molecule has 1 rings (SSSR count). The van der Waals surface area contributed by atoms with E-state index in [-0.39, 0.29) is 5.82 Å². The lowest BCUT2D eigenvalue weighted by atomic mass is 10.3. The van der Waals surface area contributed by atoms with Gasteiger partial charge in [0.15, 0.2) is 0 Å². The van der Waals surface area contributed by atoms with Gasteiger partial charge in [-0.15, -0.1) is 0 Å². The molecule has 0 spiro atoms. The van der Waals surface area contributed by atoms with Crippen LogP contribution in [0.25, 0.3) is 0 Å². The molecule has 1 aromatic rings. The Balaban J connectivity index is 2.21. The van der Waals surface area contributed by atoms with Crippen molar-refractivity contribution < 1.29 is 9.13 Å². The summed E-state index contributed by atoms with van der Waals surface area (Å²) < 4.78 is 19.0. The molecule has 0 unspecified atom stereocenters. The number of hydrogen-bond acceptors (Lipinski definition) is 2. The second kappa shape index (κ2) is 7.63. The maximum Gasteiger partial charge on any atom is 0.133 e. The standard InChI is InChI=1S/C12H17BrFNO/c1-2-6-15-7-3-8-16-12-5-4-10(14)9-11(12)13/h4-5,9,15H,2-3,6-8H2,1H3. The van der Waals surface area contributed by atoms with Gasteiger partial charge in [0.25, 0.3) is 0 Å². The van der Waals surface area contributed by atoms with E-state index in [2.05, 4.69) is 28.2 Å². The summed E-state index contributed by atoms with van der Waals surface area (Å²) in [6, 6.07) is 4.44. The summed E-state index contributed by atoms with van der Waals surface area (Å²) in [5.41, 5.74) is 0. The Morgan fingerprint density at radius 2 is 2.19 bits per heavy atom. The normalized spacial score (nSPS) is 10.4. The van der Waals surface area contributed by atoms with Crippen molar-refractivity contribution in [1.82, 2.24) is 5.32 Å². The smallest absolute Gasteiger partial charge is 0.133 e. The van der Waals surface area contributed by atoms with E-state index in [1.807, 2.05) is 0 Å². The first-order valence-corrected chi connectivity index (χ1v) is 6.32. The molecule has 1 aromatic carbocycles. The summed E-state index contributed by atoms with van der Waals surface area (Å²) in [6.45, 7) is 4.77. The molecule has 0 heterocycles. The van der Waals surface area contributed by atoms with Gasteiger partial charge in [0.2, 0.25) is 0 Å². The molecule has 4 heteroatoms. The van der Waals surface area contributed by atoms with E-state index in [1.165, 1.54) is 12.1 Å². The lowest BCUT2D eigenvalue weighted by molar-refractivity contribution is 0.306. The first kappa shape index (κ1) is 13.5. The predicted octanol–water partition coefficient (Wildman–Crippen LogP) is 3.36. The third-order valence-electron chi connectivity index (χ3n) is 2.08. The molecule has 0 atom stereocenters. The van der Waals surface area contributed by atoms with Crippen LogP contribution in [-0.4, -0.2) is 19.7 Å². The molecule has 16 heavy (non-hydrogen) atoms. The Morgan fingerprint density at radius 3 is 2.88 bits per heavy atom. The summed E-state index contributed by atoms with van der Waals surface area (Å²) in [6.07, 6.45) is 2.09. The van der Waals surface area contributed by atoms with Gasteiger partial charge >= 0.3 is 0 Å².